The predicted molar refractivity (Wildman–Crippen MR) is 101 cm³/mol. The number of imidazole rings is 1. The van der Waals surface area contributed by atoms with Crippen LogP contribution in [0.15, 0.2) is 12.7 Å². The maximum Gasteiger partial charge on any atom is 0.578 e. The van der Waals surface area contributed by atoms with Gasteiger partial charge in [0.1, 0.15) is 24.1 Å². The van der Waals surface area contributed by atoms with E-state index in [4.69, 9.17) is 25.2 Å². The molecule has 20 heteroatoms. The number of anilines is 1. The molecule has 174 valence electrons. The van der Waals surface area contributed by atoms with Gasteiger partial charge in [0.15, 0.2) is 17.7 Å². The first-order valence-electron chi connectivity index (χ1n) is 8.28. The van der Waals surface area contributed by atoms with E-state index in [-0.39, 0.29) is 17.0 Å². The maximum atomic E-state index is 12.0. The number of hydrogen-bond acceptors (Lipinski definition) is 14. The Kier molecular flexibility index (Phi) is 6.83. The van der Waals surface area contributed by atoms with E-state index in [0.29, 0.717) is 0 Å². The molecule has 1 aliphatic rings. The molecule has 0 radical (unpaired) electrons. The van der Waals surface area contributed by atoms with Gasteiger partial charge in [-0.2, -0.15) is 14.7 Å². The molecular weight excluding hydrogens is 487 g/mol. The molecule has 1 saturated heterocycles. The highest BCUT2D eigenvalue weighted by Gasteiger charge is 2.50. The average Bonchev–Trinajstić information content (AvgIpc) is 3.13. The molecule has 1 fully saturated rings. The third-order valence-electron chi connectivity index (χ3n) is 4.14. The van der Waals surface area contributed by atoms with Gasteiger partial charge < -0.3 is 25.6 Å². The number of aromatic nitrogens is 4. The SMILES string of the molecule is Nc1ncnc2c1ncn2[C@@H]1O[C@H](CCP(=O)(O)OP(=O)(O)O[P+](O)(O)O)[C@@H](O)[C@H]1O. The zero-order valence-electron chi connectivity index (χ0n) is 15.3. The van der Waals surface area contributed by atoms with Gasteiger partial charge in [-0.25, -0.2) is 23.8 Å². The third-order valence-corrected chi connectivity index (χ3v) is 8.51. The van der Waals surface area contributed by atoms with Crippen molar-refractivity contribution in [3.63, 3.8) is 0 Å². The van der Waals surface area contributed by atoms with Crippen molar-refractivity contribution in [2.75, 3.05) is 11.9 Å². The van der Waals surface area contributed by atoms with Crippen LogP contribution in [0.2, 0.25) is 0 Å². The van der Waals surface area contributed by atoms with E-state index in [0.717, 1.165) is 6.33 Å². The molecule has 0 aromatic carbocycles. The van der Waals surface area contributed by atoms with Crippen LogP contribution >= 0.6 is 23.6 Å². The van der Waals surface area contributed by atoms with E-state index in [2.05, 4.69) is 23.6 Å². The fourth-order valence-electron chi connectivity index (χ4n) is 2.90. The fourth-order valence-corrected chi connectivity index (χ4v) is 6.59. The number of nitrogen functional groups attached to an aromatic ring is 1. The molecule has 0 amide bonds. The van der Waals surface area contributed by atoms with Gasteiger partial charge in [0.05, 0.1) is 18.6 Å². The molecule has 6 atom stereocenters. The van der Waals surface area contributed by atoms with Crippen molar-refractivity contribution in [3.8, 4) is 0 Å². The van der Waals surface area contributed by atoms with Gasteiger partial charge in [0, 0.05) is 0 Å². The average molecular weight is 506 g/mol. The Balaban J connectivity index is 1.68. The number of aliphatic hydroxyl groups is 2. The number of phosphoric acid groups is 1. The first-order valence-corrected chi connectivity index (χ1v) is 13.1. The lowest BCUT2D eigenvalue weighted by Crippen LogP contribution is -2.32. The fraction of sp³-hybridized carbons (Fsp3) is 0.545. The van der Waals surface area contributed by atoms with Crippen molar-refractivity contribution in [2.24, 2.45) is 0 Å². The van der Waals surface area contributed by atoms with Crippen LogP contribution in [-0.4, -0.2) is 78.7 Å². The summed E-state index contributed by atoms with van der Waals surface area (Å²) in [5.41, 5.74) is 6.11. The molecule has 0 spiro atoms. The molecule has 9 N–H and O–H groups in total. The van der Waals surface area contributed by atoms with Gasteiger partial charge in [0.25, 0.3) is 0 Å². The quantitative estimate of drug-likeness (QED) is 0.187. The highest BCUT2D eigenvalue weighted by molar-refractivity contribution is 7.69. The van der Waals surface area contributed by atoms with Crippen LogP contribution in [0, 0.1) is 0 Å². The Morgan fingerprint density at radius 2 is 1.84 bits per heavy atom. The lowest BCUT2D eigenvalue weighted by Gasteiger charge is -2.18. The molecule has 3 heterocycles. The predicted octanol–water partition coefficient (Wildman–Crippen LogP) is -1.61. The Morgan fingerprint density at radius 1 is 1.16 bits per heavy atom. The minimum atomic E-state index is -5.51. The lowest BCUT2D eigenvalue weighted by atomic mass is 10.1. The summed E-state index contributed by atoms with van der Waals surface area (Å²) in [4.78, 5) is 56.6. The van der Waals surface area contributed by atoms with Crippen LogP contribution < -0.4 is 5.73 Å². The Labute approximate surface area is 173 Å². The molecule has 2 aromatic rings. The van der Waals surface area contributed by atoms with Crippen molar-refractivity contribution < 1.29 is 57.2 Å². The lowest BCUT2D eigenvalue weighted by molar-refractivity contribution is -0.0355. The molecule has 3 rings (SSSR count). The number of aliphatic hydroxyl groups excluding tert-OH is 2. The van der Waals surface area contributed by atoms with Crippen LogP contribution in [0.1, 0.15) is 12.6 Å². The van der Waals surface area contributed by atoms with Crippen molar-refractivity contribution in [2.45, 2.75) is 31.0 Å². The summed E-state index contributed by atoms with van der Waals surface area (Å²) in [5, 5.41) is 20.6. The summed E-state index contributed by atoms with van der Waals surface area (Å²) in [6.45, 7) is 0. The number of rotatable bonds is 8. The summed E-state index contributed by atoms with van der Waals surface area (Å²) < 4.78 is 37.9. The maximum absolute atomic E-state index is 12.0. The largest absolute Gasteiger partial charge is 0.578 e. The van der Waals surface area contributed by atoms with Gasteiger partial charge in [0.2, 0.25) is 0 Å². The minimum absolute atomic E-state index is 0.0717. The summed E-state index contributed by atoms with van der Waals surface area (Å²) >= 11 is 0. The number of fused-ring (bicyclic) bond motifs is 1. The number of nitrogens with two attached hydrogens (primary N) is 1. The normalized spacial score (nSPS) is 28.5. The Bertz CT molecular complexity index is 1040. The zero-order valence-corrected chi connectivity index (χ0v) is 17.9. The number of nitrogens with zero attached hydrogens (tertiary/aromatic N) is 4. The summed E-state index contributed by atoms with van der Waals surface area (Å²) in [7, 11) is -15.7. The van der Waals surface area contributed by atoms with Gasteiger partial charge in [-0.3, -0.25) is 14.0 Å². The van der Waals surface area contributed by atoms with Gasteiger partial charge >= 0.3 is 23.6 Å². The Hall–Kier alpha value is -1.16. The number of hydrogen-bond donors (Lipinski definition) is 8. The van der Waals surface area contributed by atoms with E-state index >= 15 is 0 Å². The molecule has 31 heavy (non-hydrogen) atoms. The second-order valence-electron chi connectivity index (χ2n) is 6.42. The van der Waals surface area contributed by atoms with Crippen LogP contribution in [0.25, 0.3) is 11.2 Å². The van der Waals surface area contributed by atoms with E-state index in [1.165, 1.54) is 10.9 Å². The van der Waals surface area contributed by atoms with Gasteiger partial charge in [-0.05, 0) is 10.7 Å². The molecule has 1 aliphatic heterocycles. The van der Waals surface area contributed by atoms with Crippen LogP contribution in [0.3, 0.4) is 0 Å². The summed E-state index contributed by atoms with van der Waals surface area (Å²) in [6.07, 6.45) is -4.37. The molecule has 0 bridgehead atoms. The van der Waals surface area contributed by atoms with Crippen molar-refractivity contribution in [1.82, 2.24) is 19.5 Å². The van der Waals surface area contributed by atoms with E-state index in [1.807, 2.05) is 0 Å². The monoisotopic (exact) mass is 506 g/mol. The molecule has 2 aromatic heterocycles. The zero-order chi connectivity index (χ0) is 23.2. The van der Waals surface area contributed by atoms with E-state index in [9.17, 15) is 29.1 Å². The second-order valence-corrected chi connectivity index (χ2v) is 11.4. The third kappa shape index (κ3) is 5.80. The highest BCUT2D eigenvalue weighted by atomic mass is 31.3. The number of ether oxygens (including phenoxy) is 1. The topological polar surface area (TPSA) is 273 Å². The van der Waals surface area contributed by atoms with E-state index in [1.54, 1.807) is 0 Å². The summed E-state index contributed by atoms with van der Waals surface area (Å²) in [6, 6.07) is 0. The van der Waals surface area contributed by atoms with Crippen LogP contribution in [0.5, 0.6) is 0 Å². The van der Waals surface area contributed by atoms with Crippen molar-refractivity contribution >= 4 is 40.6 Å². The van der Waals surface area contributed by atoms with Crippen molar-refractivity contribution in [3.05, 3.63) is 12.7 Å². The second kappa shape index (κ2) is 8.65. The first kappa shape index (κ1) is 24.5. The smallest absolute Gasteiger partial charge is 0.388 e. The van der Waals surface area contributed by atoms with E-state index < -0.39 is 60.7 Å². The first-order chi connectivity index (χ1) is 14.2. The molecule has 17 nitrogen and oxygen atoms in total. The molecular formula is C11H19N5O12P3+. The highest BCUT2D eigenvalue weighted by Crippen LogP contribution is 2.68. The minimum Gasteiger partial charge on any atom is -0.388 e. The molecule has 0 aliphatic carbocycles. The van der Waals surface area contributed by atoms with Crippen LogP contribution in [0.4, 0.5) is 5.82 Å². The van der Waals surface area contributed by atoms with Gasteiger partial charge in [-0.1, -0.05) is 0 Å². The van der Waals surface area contributed by atoms with Crippen molar-refractivity contribution in [1.29, 1.82) is 0 Å². The molecule has 2 unspecified atom stereocenters. The van der Waals surface area contributed by atoms with Crippen LogP contribution in [-0.2, 0) is 22.5 Å². The molecule has 0 saturated carbocycles. The summed E-state index contributed by atoms with van der Waals surface area (Å²) in [5.74, 6) is 0.0717. The standard InChI is InChI=1S/C11H18N5O12P3/c12-9-6-10(14-3-13-9)16(4-15-6)11-8(18)7(17)5(26-11)1-2-29(19,20)27-31(24,25)28-30(21,22)23/h3-5,7-8,11,17-18,21-23H,1-2H2,(H3-,12,13,14,19,20,24,25)/p+1/t5-,7-,8-,11-/m1/s1. The Morgan fingerprint density at radius 3 is 2.48 bits per heavy atom. The van der Waals surface area contributed by atoms with Gasteiger partial charge in [-0.15, -0.1) is 0 Å².